The van der Waals surface area contributed by atoms with Gasteiger partial charge < -0.3 is 45.6 Å². The van der Waals surface area contributed by atoms with Crippen LogP contribution in [0.2, 0.25) is 0 Å². The zero-order valence-electron chi connectivity index (χ0n) is 31.9. The Morgan fingerprint density at radius 1 is 1.02 bits per heavy atom. The Labute approximate surface area is 314 Å². The largest absolute Gasteiger partial charge is 0.504 e. The average Bonchev–Trinajstić information content (AvgIpc) is 3.61. The van der Waals surface area contributed by atoms with Gasteiger partial charge in [0.25, 0.3) is 0 Å². The van der Waals surface area contributed by atoms with Crippen molar-refractivity contribution in [2.24, 2.45) is 47.2 Å². The number of fused-ring (bicyclic) bond motifs is 2. The van der Waals surface area contributed by atoms with E-state index in [9.17, 15) is 24.9 Å². The smallest absolute Gasteiger partial charge is 0.302 e. The number of nitrogens with one attached hydrogen (secondary N) is 2. The Bertz CT molecular complexity index is 1570. The van der Waals surface area contributed by atoms with Crippen molar-refractivity contribution in [1.29, 1.82) is 0 Å². The van der Waals surface area contributed by atoms with Gasteiger partial charge in [-0.1, -0.05) is 19.9 Å². The highest BCUT2D eigenvalue weighted by atomic mass is 16.6. The van der Waals surface area contributed by atoms with E-state index in [1.807, 2.05) is 18.3 Å². The third-order valence-electron chi connectivity index (χ3n) is 11.8. The summed E-state index contributed by atoms with van der Waals surface area (Å²) in [5.41, 5.74) is 9.83. The molecule has 1 aromatic heterocycles. The lowest BCUT2D eigenvalue weighted by Crippen LogP contribution is -2.42. The van der Waals surface area contributed by atoms with E-state index in [0.29, 0.717) is 61.2 Å². The van der Waals surface area contributed by atoms with Crippen LogP contribution in [-0.2, 0) is 31.9 Å². The van der Waals surface area contributed by atoms with Crippen LogP contribution in [0.4, 0.5) is 0 Å². The van der Waals surface area contributed by atoms with E-state index in [-0.39, 0.29) is 49.1 Å². The number of phenols is 1. The van der Waals surface area contributed by atoms with Gasteiger partial charge in [0, 0.05) is 45.3 Å². The van der Waals surface area contributed by atoms with Crippen molar-refractivity contribution in [3.05, 3.63) is 65.3 Å². The van der Waals surface area contributed by atoms with Crippen molar-refractivity contribution in [2.75, 3.05) is 26.4 Å². The molecule has 0 unspecified atom stereocenters. The predicted octanol–water partition coefficient (Wildman–Crippen LogP) is 5.63. The number of aromatic hydroxyl groups is 1. The molecular weight excluding hydrogens is 674 g/mol. The highest BCUT2D eigenvalue weighted by molar-refractivity contribution is 5.79. The summed E-state index contributed by atoms with van der Waals surface area (Å²) in [5, 5.41) is 33.9. The summed E-state index contributed by atoms with van der Waals surface area (Å²) in [6.07, 6.45) is 11.8. The number of carbonyl (C=O) groups is 2. The zero-order valence-corrected chi connectivity index (χ0v) is 31.9. The first-order valence-electron chi connectivity index (χ1n) is 19.5. The van der Waals surface area contributed by atoms with Crippen LogP contribution in [-0.4, -0.2) is 70.8 Å². The summed E-state index contributed by atoms with van der Waals surface area (Å²) >= 11 is 0. The number of nitrogens with two attached hydrogens (primary N) is 1. The van der Waals surface area contributed by atoms with Gasteiger partial charge in [0.15, 0.2) is 11.5 Å². The number of H-pyrrole nitrogens is 1. The number of allylic oxidation sites excluding steroid dienone is 2. The average molecular weight is 736 g/mol. The summed E-state index contributed by atoms with van der Waals surface area (Å²) in [5.74, 6) is 2.55. The summed E-state index contributed by atoms with van der Waals surface area (Å²) < 4.78 is 17.8. The fourth-order valence-corrected chi connectivity index (χ4v) is 9.47. The van der Waals surface area contributed by atoms with E-state index < -0.39 is 18.2 Å². The SMILES string of the molecule is CC(=O)O[C@H](CCc1cc(OCCO)c(O)cc1C1=CCNC(N)=C1)C[C@@H](OC(C)=O)[C@@H]1C[C@H](CO)C[C@H]2C[C@H](C1)[C@@H](C(C)C)C[C@@H]2Cc1ccc[nH]1. The normalized spacial score (nSPS) is 25.6. The molecule has 2 fully saturated rings. The van der Waals surface area contributed by atoms with Crippen molar-refractivity contribution >= 4 is 17.5 Å². The molecule has 2 aromatic rings. The molecule has 11 nitrogen and oxygen atoms in total. The number of hydrogen-bond acceptors (Lipinski definition) is 10. The number of carbonyl (C=O) groups excluding carboxylic acids is 2. The number of ether oxygens (including phenoxy) is 3. The number of aromatic amines is 1. The van der Waals surface area contributed by atoms with Crippen LogP contribution in [0.15, 0.2) is 48.4 Å². The Kier molecular flexibility index (Phi) is 14.3. The number of benzene rings is 1. The molecule has 292 valence electrons. The maximum absolute atomic E-state index is 12.7. The van der Waals surface area contributed by atoms with Crippen LogP contribution in [0.3, 0.4) is 0 Å². The van der Waals surface area contributed by atoms with E-state index in [0.717, 1.165) is 55.2 Å². The van der Waals surface area contributed by atoms with Crippen LogP contribution >= 0.6 is 0 Å². The van der Waals surface area contributed by atoms with Gasteiger partial charge in [0.2, 0.25) is 0 Å². The van der Waals surface area contributed by atoms with Crippen LogP contribution < -0.4 is 15.8 Å². The van der Waals surface area contributed by atoms with Gasteiger partial charge in [0.05, 0.1) is 12.4 Å². The van der Waals surface area contributed by atoms with Crippen molar-refractivity contribution in [1.82, 2.24) is 10.3 Å². The molecule has 2 aliphatic carbocycles. The number of hydrogen-bond donors (Lipinski definition) is 6. The molecule has 5 rings (SSSR count). The van der Waals surface area contributed by atoms with Gasteiger partial charge in [-0.05, 0) is 140 Å². The Hall–Kier alpha value is -3.96. The van der Waals surface area contributed by atoms with E-state index >= 15 is 0 Å². The molecule has 0 amide bonds. The number of aliphatic hydroxyl groups excluding tert-OH is 2. The first-order valence-corrected chi connectivity index (χ1v) is 19.5. The maximum atomic E-state index is 12.7. The third-order valence-corrected chi connectivity index (χ3v) is 11.8. The molecule has 1 aromatic carbocycles. The molecule has 8 atom stereocenters. The van der Waals surface area contributed by atoms with Crippen molar-refractivity contribution in [2.45, 2.75) is 97.7 Å². The first-order chi connectivity index (χ1) is 25.4. The molecule has 1 aliphatic heterocycles. The standard InChI is InChI=1S/C42H61N3O8/c1-25(2)37-19-32(18-35-6-5-10-44-35)31-14-28(24-47)15-34(17-33(37)16-31)40(53-27(4)49)22-36(52-26(3)48)8-7-29-20-41(51-13-12-46)39(50)23-38(29)30-9-11-45-42(43)21-30/h5-6,9-10,20-21,23,25,28,31-34,36-37,40,44-47,50H,7-8,11-19,22,24,43H2,1-4H3/t28-,31+,32+,33-,34-,36-,37-,40-/m1/s1. The monoisotopic (exact) mass is 735 g/mol. The highest BCUT2D eigenvalue weighted by Crippen LogP contribution is 2.50. The minimum Gasteiger partial charge on any atom is -0.504 e. The number of aliphatic hydroxyl groups is 2. The number of aromatic nitrogens is 1. The van der Waals surface area contributed by atoms with Crippen LogP contribution in [0, 0.1) is 41.4 Å². The molecule has 0 spiro atoms. The molecule has 3 aliphatic rings. The Morgan fingerprint density at radius 3 is 2.47 bits per heavy atom. The van der Waals surface area contributed by atoms with Gasteiger partial charge in [-0.25, -0.2) is 0 Å². The Balaban J connectivity index is 1.40. The van der Waals surface area contributed by atoms with Gasteiger partial charge in [-0.15, -0.1) is 0 Å². The number of esters is 2. The molecule has 2 heterocycles. The van der Waals surface area contributed by atoms with Crippen molar-refractivity contribution in [3.8, 4) is 11.5 Å². The van der Waals surface area contributed by atoms with Gasteiger partial charge in [-0.2, -0.15) is 0 Å². The van der Waals surface area contributed by atoms with Crippen LogP contribution in [0.5, 0.6) is 11.5 Å². The van der Waals surface area contributed by atoms with Gasteiger partial charge >= 0.3 is 11.9 Å². The lowest BCUT2D eigenvalue weighted by Gasteiger charge is -2.48. The molecule has 0 saturated heterocycles. The van der Waals surface area contributed by atoms with Crippen molar-refractivity contribution < 1.29 is 39.1 Å². The quantitative estimate of drug-likeness (QED) is 0.119. The van der Waals surface area contributed by atoms with E-state index in [1.165, 1.54) is 19.5 Å². The highest BCUT2D eigenvalue weighted by Gasteiger charge is 2.44. The van der Waals surface area contributed by atoms with Crippen LogP contribution in [0.1, 0.15) is 89.5 Å². The third kappa shape index (κ3) is 11.0. The lowest BCUT2D eigenvalue weighted by atomic mass is 9.58. The number of rotatable bonds is 16. The van der Waals surface area contributed by atoms with Crippen LogP contribution in [0.25, 0.3) is 5.57 Å². The fraction of sp³-hybridized carbons (Fsp3) is 0.619. The second kappa shape index (κ2) is 18.9. The minimum atomic E-state index is -0.564. The number of aryl methyl sites for hydroxylation is 1. The maximum Gasteiger partial charge on any atom is 0.302 e. The molecule has 7 N–H and O–H groups in total. The zero-order chi connectivity index (χ0) is 38.1. The van der Waals surface area contributed by atoms with E-state index in [4.69, 9.17) is 19.9 Å². The summed E-state index contributed by atoms with van der Waals surface area (Å²) in [6.45, 7) is 7.90. The summed E-state index contributed by atoms with van der Waals surface area (Å²) in [6, 6.07) is 7.64. The second-order valence-electron chi connectivity index (χ2n) is 15.9. The molecule has 2 saturated carbocycles. The van der Waals surface area contributed by atoms with Crippen molar-refractivity contribution in [3.63, 3.8) is 0 Å². The first kappa shape index (κ1) is 40.2. The fourth-order valence-electron chi connectivity index (χ4n) is 9.47. The lowest BCUT2D eigenvalue weighted by molar-refractivity contribution is -0.157. The number of dihydropyridines is 1. The summed E-state index contributed by atoms with van der Waals surface area (Å²) in [4.78, 5) is 28.6. The molecule has 2 bridgehead atoms. The predicted molar refractivity (Wildman–Crippen MR) is 203 cm³/mol. The minimum absolute atomic E-state index is 0.00279. The topological polar surface area (TPSA) is 176 Å². The second-order valence-corrected chi connectivity index (χ2v) is 15.9. The van der Waals surface area contributed by atoms with Gasteiger partial charge in [-0.3, -0.25) is 9.59 Å². The van der Waals surface area contributed by atoms with E-state index in [1.54, 1.807) is 12.1 Å². The molecular formula is C42H61N3O8. The Morgan fingerprint density at radius 2 is 1.81 bits per heavy atom. The summed E-state index contributed by atoms with van der Waals surface area (Å²) in [7, 11) is 0. The molecule has 11 heteroatoms. The van der Waals surface area contributed by atoms with Gasteiger partial charge in [0.1, 0.15) is 18.8 Å². The molecule has 53 heavy (non-hydrogen) atoms. The molecule has 0 radical (unpaired) electrons. The number of phenolic OH excluding ortho intramolecular Hbond substituents is 1. The van der Waals surface area contributed by atoms with E-state index in [2.05, 4.69) is 36.3 Å².